The lowest BCUT2D eigenvalue weighted by Gasteiger charge is -2.11. The van der Waals surface area contributed by atoms with E-state index in [0.717, 1.165) is 43.0 Å². The molecule has 1 aliphatic heterocycles. The number of hydrogen-bond donors (Lipinski definition) is 0. The van der Waals surface area contributed by atoms with Crippen LogP contribution >= 0.6 is 0 Å². The van der Waals surface area contributed by atoms with Crippen LogP contribution in [0.4, 0.5) is 0 Å². The third-order valence-corrected chi connectivity index (χ3v) is 6.19. The molecule has 0 bridgehead atoms. The van der Waals surface area contributed by atoms with Crippen LogP contribution in [-0.2, 0) is 24.2 Å². The van der Waals surface area contributed by atoms with Gasteiger partial charge in [0.2, 0.25) is 5.78 Å². The minimum atomic E-state index is -0.601. The first kappa shape index (κ1) is 22.0. The lowest BCUT2D eigenvalue weighted by atomic mass is 10.1. The van der Waals surface area contributed by atoms with Crippen molar-refractivity contribution in [1.29, 1.82) is 0 Å². The molecule has 32 heavy (non-hydrogen) atoms. The number of ketones is 1. The normalized spacial score (nSPS) is 13.0. The number of benzene rings is 1. The van der Waals surface area contributed by atoms with Crippen molar-refractivity contribution < 1.29 is 14.3 Å². The van der Waals surface area contributed by atoms with E-state index >= 15 is 0 Å². The Hall–Kier alpha value is -3.22. The average Bonchev–Trinajstić information content (AvgIpc) is 3.34. The summed E-state index contributed by atoms with van der Waals surface area (Å²) in [6.07, 6.45) is 2.68. The van der Waals surface area contributed by atoms with Crippen LogP contribution < -0.4 is 5.56 Å². The second kappa shape index (κ2) is 8.73. The summed E-state index contributed by atoms with van der Waals surface area (Å²) in [5, 5.41) is 0.483. The molecule has 0 radical (unpaired) electrons. The number of hydrogen-bond acceptors (Lipinski definition) is 5. The van der Waals surface area contributed by atoms with Gasteiger partial charge in [0.15, 0.2) is 6.61 Å². The Morgan fingerprint density at radius 1 is 1.19 bits per heavy atom. The maximum Gasteiger partial charge on any atom is 0.338 e. The summed E-state index contributed by atoms with van der Waals surface area (Å²) in [5.74, 6) is 0.495. The molecule has 2 aromatic heterocycles. The third-order valence-electron chi connectivity index (χ3n) is 6.19. The van der Waals surface area contributed by atoms with Gasteiger partial charge >= 0.3 is 5.97 Å². The highest BCUT2D eigenvalue weighted by atomic mass is 16.5. The third kappa shape index (κ3) is 4.11. The van der Waals surface area contributed by atoms with Crippen LogP contribution in [0.15, 0.2) is 29.1 Å². The second-order valence-corrected chi connectivity index (χ2v) is 8.94. The zero-order valence-electron chi connectivity index (χ0n) is 19.1. The van der Waals surface area contributed by atoms with Crippen molar-refractivity contribution in [3.05, 3.63) is 63.0 Å². The molecule has 3 aromatic rings. The molecule has 168 valence electrons. The van der Waals surface area contributed by atoms with Crippen LogP contribution in [0.25, 0.3) is 10.9 Å². The summed E-state index contributed by atoms with van der Waals surface area (Å²) >= 11 is 0. The molecule has 3 heterocycles. The predicted molar refractivity (Wildman–Crippen MR) is 122 cm³/mol. The maximum absolute atomic E-state index is 12.7. The molecule has 0 unspecified atom stereocenters. The molecule has 0 saturated heterocycles. The van der Waals surface area contributed by atoms with Crippen molar-refractivity contribution in [2.45, 2.75) is 60.0 Å². The van der Waals surface area contributed by atoms with Gasteiger partial charge in [0.1, 0.15) is 5.82 Å². The molecule has 7 heteroatoms. The topological polar surface area (TPSA) is 83.2 Å². The van der Waals surface area contributed by atoms with E-state index in [0.29, 0.717) is 28.9 Å². The molecule has 7 nitrogen and oxygen atoms in total. The quantitative estimate of drug-likeness (QED) is 0.416. The van der Waals surface area contributed by atoms with Gasteiger partial charge in [-0.1, -0.05) is 13.8 Å². The van der Waals surface area contributed by atoms with Crippen LogP contribution in [0.5, 0.6) is 0 Å². The first-order chi connectivity index (χ1) is 15.3. The standard InChI is InChI=1S/C25H29N3O4/c1-15(2)9-11-27-16(3)12-20(17(27)4)22(29)14-32-25(31)18-7-8-19-21(13-18)26-23-6-5-10-28(23)24(19)30/h7-8,12-13,15H,5-6,9-11,14H2,1-4H3. The van der Waals surface area contributed by atoms with Crippen molar-refractivity contribution >= 4 is 22.7 Å². The minimum Gasteiger partial charge on any atom is -0.454 e. The van der Waals surface area contributed by atoms with Gasteiger partial charge in [0, 0.05) is 36.5 Å². The molecule has 4 rings (SSSR count). The number of aryl methyl sites for hydroxylation is 2. The molecule has 1 aliphatic rings. The van der Waals surface area contributed by atoms with Gasteiger partial charge in [0.05, 0.1) is 16.5 Å². The van der Waals surface area contributed by atoms with Crippen LogP contribution in [0, 0.1) is 19.8 Å². The molecular formula is C25H29N3O4. The molecular weight excluding hydrogens is 406 g/mol. The lowest BCUT2D eigenvalue weighted by Crippen LogP contribution is -2.21. The number of fused-ring (bicyclic) bond motifs is 2. The number of rotatable bonds is 7. The number of carbonyl (C=O) groups is 2. The molecule has 0 amide bonds. The van der Waals surface area contributed by atoms with Crippen LogP contribution in [0.3, 0.4) is 0 Å². The Morgan fingerprint density at radius 2 is 1.97 bits per heavy atom. The fraction of sp³-hybridized carbons (Fsp3) is 0.440. The molecule has 0 atom stereocenters. The maximum atomic E-state index is 12.7. The van der Waals surface area contributed by atoms with Gasteiger partial charge in [-0.2, -0.15) is 0 Å². The number of carbonyl (C=O) groups excluding carboxylic acids is 2. The zero-order chi connectivity index (χ0) is 23.0. The summed E-state index contributed by atoms with van der Waals surface area (Å²) in [4.78, 5) is 42.4. The van der Waals surface area contributed by atoms with E-state index < -0.39 is 5.97 Å². The molecule has 0 aliphatic carbocycles. The Bertz CT molecular complexity index is 1270. The van der Waals surface area contributed by atoms with Crippen molar-refractivity contribution in [2.24, 2.45) is 5.92 Å². The minimum absolute atomic E-state index is 0.0783. The summed E-state index contributed by atoms with van der Waals surface area (Å²) in [6, 6.07) is 6.59. The van der Waals surface area contributed by atoms with E-state index in [2.05, 4.69) is 23.4 Å². The summed E-state index contributed by atoms with van der Waals surface area (Å²) in [5.41, 5.74) is 3.19. The highest BCUT2D eigenvalue weighted by Crippen LogP contribution is 2.19. The highest BCUT2D eigenvalue weighted by Gasteiger charge is 2.20. The zero-order valence-corrected chi connectivity index (χ0v) is 19.1. The number of ether oxygens (including phenoxy) is 1. The van der Waals surface area contributed by atoms with E-state index in [-0.39, 0.29) is 23.5 Å². The van der Waals surface area contributed by atoms with Crippen molar-refractivity contribution in [3.63, 3.8) is 0 Å². The Morgan fingerprint density at radius 3 is 2.72 bits per heavy atom. The Labute approximate surface area is 187 Å². The van der Waals surface area contributed by atoms with Gasteiger partial charge in [-0.15, -0.1) is 0 Å². The van der Waals surface area contributed by atoms with Crippen molar-refractivity contribution in [2.75, 3.05) is 6.61 Å². The molecule has 0 N–H and O–H groups in total. The van der Waals surface area contributed by atoms with E-state index in [1.54, 1.807) is 22.8 Å². The largest absolute Gasteiger partial charge is 0.454 e. The van der Waals surface area contributed by atoms with E-state index in [1.807, 2.05) is 19.9 Å². The fourth-order valence-corrected chi connectivity index (χ4v) is 4.32. The average molecular weight is 436 g/mol. The van der Waals surface area contributed by atoms with Crippen LogP contribution in [0.1, 0.15) is 64.6 Å². The first-order valence-electron chi connectivity index (χ1n) is 11.2. The smallest absolute Gasteiger partial charge is 0.338 e. The van der Waals surface area contributed by atoms with Gasteiger partial charge < -0.3 is 9.30 Å². The number of aromatic nitrogens is 3. The van der Waals surface area contributed by atoms with E-state index in [1.165, 1.54) is 0 Å². The first-order valence-corrected chi connectivity index (χ1v) is 11.2. The Kier molecular flexibility index (Phi) is 6.00. The predicted octanol–water partition coefficient (Wildman–Crippen LogP) is 3.85. The highest BCUT2D eigenvalue weighted by molar-refractivity contribution is 6.01. The monoisotopic (exact) mass is 435 g/mol. The van der Waals surface area contributed by atoms with Gasteiger partial charge in [0.25, 0.3) is 5.56 Å². The fourth-order valence-electron chi connectivity index (χ4n) is 4.32. The van der Waals surface area contributed by atoms with Crippen LogP contribution in [-0.4, -0.2) is 32.5 Å². The van der Waals surface area contributed by atoms with E-state index in [9.17, 15) is 14.4 Å². The van der Waals surface area contributed by atoms with Crippen LogP contribution in [0.2, 0.25) is 0 Å². The summed E-state index contributed by atoms with van der Waals surface area (Å²) in [7, 11) is 0. The SMILES string of the molecule is Cc1cc(C(=O)COC(=O)c2ccc3c(=O)n4c(nc3c2)CCC4)c(C)n1CCC(C)C. The van der Waals surface area contributed by atoms with Gasteiger partial charge in [-0.05, 0) is 56.9 Å². The van der Waals surface area contributed by atoms with E-state index in [4.69, 9.17) is 4.74 Å². The molecule has 0 fully saturated rings. The van der Waals surface area contributed by atoms with Gasteiger partial charge in [-0.3, -0.25) is 14.2 Å². The lowest BCUT2D eigenvalue weighted by molar-refractivity contribution is 0.0474. The summed E-state index contributed by atoms with van der Waals surface area (Å²) < 4.78 is 9.14. The number of Topliss-reactive ketones (excluding diaryl/α,β-unsaturated/α-hetero) is 1. The number of esters is 1. The second-order valence-electron chi connectivity index (χ2n) is 8.94. The summed E-state index contributed by atoms with van der Waals surface area (Å²) in [6.45, 7) is 9.47. The van der Waals surface area contributed by atoms with Gasteiger partial charge in [-0.25, -0.2) is 9.78 Å². The molecule has 0 spiro atoms. The number of nitrogens with zero attached hydrogens (tertiary/aromatic N) is 3. The Balaban J connectivity index is 1.47. The molecule has 1 aromatic carbocycles. The van der Waals surface area contributed by atoms with Crippen molar-refractivity contribution in [3.8, 4) is 0 Å². The molecule has 0 saturated carbocycles. The van der Waals surface area contributed by atoms with Crippen molar-refractivity contribution in [1.82, 2.24) is 14.1 Å².